The molecule has 198 valence electrons. The first-order valence-electron chi connectivity index (χ1n) is 11.2. The fourth-order valence-electron chi connectivity index (χ4n) is 4.48. The number of anilines is 1. The van der Waals surface area contributed by atoms with Gasteiger partial charge in [-0.2, -0.15) is 18.3 Å². The topological polar surface area (TPSA) is 125 Å². The molecule has 0 spiro atoms. The van der Waals surface area contributed by atoms with E-state index in [1.165, 1.54) is 24.1 Å². The Morgan fingerprint density at radius 2 is 1.76 bits per heavy atom. The number of benzene rings is 2. The number of nitrogens with zero attached hydrogens (tertiary/aromatic N) is 5. The van der Waals surface area contributed by atoms with Crippen LogP contribution in [0.4, 0.5) is 18.9 Å². The van der Waals surface area contributed by atoms with Gasteiger partial charge in [-0.15, -0.1) is 0 Å². The van der Waals surface area contributed by atoms with E-state index in [0.29, 0.717) is 10.4 Å². The minimum absolute atomic E-state index is 0.0330. The van der Waals surface area contributed by atoms with Gasteiger partial charge >= 0.3 is 6.18 Å². The zero-order chi connectivity index (χ0) is 27.4. The van der Waals surface area contributed by atoms with Crippen molar-refractivity contribution in [3.8, 4) is 17.1 Å². The number of carbonyl (C=O) groups is 1. The summed E-state index contributed by atoms with van der Waals surface area (Å²) in [5.41, 5.74) is -1.04. The van der Waals surface area contributed by atoms with Crippen molar-refractivity contribution in [2.45, 2.75) is 24.4 Å². The van der Waals surface area contributed by atoms with E-state index in [0.717, 1.165) is 17.6 Å². The summed E-state index contributed by atoms with van der Waals surface area (Å²) >= 11 is 0. The van der Waals surface area contributed by atoms with Gasteiger partial charge in [0.2, 0.25) is 10.0 Å². The number of amides is 1. The van der Waals surface area contributed by atoms with Gasteiger partial charge in [0.25, 0.3) is 5.91 Å². The molecule has 2 N–H and O–H groups in total. The molecule has 2 aromatic heterocycles. The van der Waals surface area contributed by atoms with Crippen LogP contribution < -0.4 is 14.8 Å². The minimum atomic E-state index is -4.88. The van der Waals surface area contributed by atoms with E-state index >= 15 is 0 Å². The first-order chi connectivity index (χ1) is 17.9. The normalized spacial score (nSPS) is 14.1. The van der Waals surface area contributed by atoms with Crippen LogP contribution in [0, 0.1) is 6.92 Å². The molecule has 0 radical (unpaired) electrons. The van der Waals surface area contributed by atoms with Crippen molar-refractivity contribution in [2.75, 3.05) is 18.6 Å². The molecule has 0 bridgehead atoms. The van der Waals surface area contributed by atoms with E-state index in [2.05, 4.69) is 10.1 Å². The van der Waals surface area contributed by atoms with Crippen LogP contribution in [0.3, 0.4) is 0 Å². The summed E-state index contributed by atoms with van der Waals surface area (Å²) in [5.74, 6) is 0.0955. The molecular formula is C24H21F3N6O4S. The first-order valence-corrected chi connectivity index (χ1v) is 12.8. The summed E-state index contributed by atoms with van der Waals surface area (Å²) in [6.45, 7) is 1.80. The van der Waals surface area contributed by atoms with Crippen LogP contribution in [0.1, 0.15) is 27.6 Å². The predicted octanol–water partition coefficient (Wildman–Crippen LogP) is 3.24. The summed E-state index contributed by atoms with van der Waals surface area (Å²) in [4.78, 5) is 18.6. The van der Waals surface area contributed by atoms with Gasteiger partial charge < -0.3 is 14.2 Å². The minimum Gasteiger partial charge on any atom is -0.497 e. The van der Waals surface area contributed by atoms with Crippen molar-refractivity contribution in [3.63, 3.8) is 0 Å². The van der Waals surface area contributed by atoms with Crippen molar-refractivity contribution in [3.05, 3.63) is 77.6 Å². The van der Waals surface area contributed by atoms with Gasteiger partial charge in [0.1, 0.15) is 22.2 Å². The second kappa shape index (κ2) is 8.99. The lowest BCUT2D eigenvalue weighted by atomic mass is 10.0. The van der Waals surface area contributed by atoms with Crippen molar-refractivity contribution < 1.29 is 31.1 Å². The third-order valence-electron chi connectivity index (χ3n) is 6.25. The lowest BCUT2D eigenvalue weighted by Crippen LogP contribution is -2.39. The monoisotopic (exact) mass is 546 g/mol. The van der Waals surface area contributed by atoms with Crippen molar-refractivity contribution in [1.29, 1.82) is 0 Å². The number of halogens is 3. The highest BCUT2D eigenvalue weighted by Crippen LogP contribution is 2.38. The van der Waals surface area contributed by atoms with Crippen LogP contribution in [0.15, 0.2) is 59.8 Å². The molecule has 0 unspecified atom stereocenters. The van der Waals surface area contributed by atoms with Crippen LogP contribution in [0.5, 0.6) is 5.75 Å². The Hall–Kier alpha value is -4.17. The van der Waals surface area contributed by atoms with Crippen molar-refractivity contribution in [2.24, 2.45) is 5.14 Å². The molecule has 38 heavy (non-hydrogen) atoms. The van der Waals surface area contributed by atoms with E-state index in [4.69, 9.17) is 9.88 Å². The Kier molecular flexibility index (Phi) is 6.03. The van der Waals surface area contributed by atoms with Gasteiger partial charge in [0.05, 0.1) is 12.8 Å². The number of nitrogens with two attached hydrogens (primary N) is 1. The molecule has 4 aromatic rings. The van der Waals surface area contributed by atoms with Crippen LogP contribution in [-0.4, -0.2) is 47.3 Å². The number of hydrogen-bond donors (Lipinski definition) is 1. The molecule has 1 aliphatic heterocycles. The zero-order valence-electron chi connectivity index (χ0n) is 20.1. The molecule has 3 heterocycles. The highest BCUT2D eigenvalue weighted by Gasteiger charge is 2.44. The summed E-state index contributed by atoms with van der Waals surface area (Å²) in [5, 5.41) is 9.03. The van der Waals surface area contributed by atoms with Crippen LogP contribution in [-0.2, 0) is 22.6 Å². The lowest BCUT2D eigenvalue weighted by Gasteiger charge is -2.28. The number of methoxy groups -OCH3 is 1. The first kappa shape index (κ1) is 25.5. The van der Waals surface area contributed by atoms with Crippen molar-refractivity contribution >= 4 is 21.6 Å². The Morgan fingerprint density at radius 1 is 1.08 bits per heavy atom. The van der Waals surface area contributed by atoms with Gasteiger partial charge in [-0.25, -0.2) is 23.2 Å². The summed E-state index contributed by atoms with van der Waals surface area (Å²) < 4.78 is 74.1. The average Bonchev–Trinajstić information content (AvgIpc) is 3.48. The van der Waals surface area contributed by atoms with Gasteiger partial charge in [-0.05, 0) is 49.7 Å². The molecule has 2 aromatic carbocycles. The smallest absolute Gasteiger partial charge is 0.435 e. The molecule has 1 aliphatic rings. The summed E-state index contributed by atoms with van der Waals surface area (Å²) in [6, 6.07) is 10.5. The SMILES string of the molecule is COc1ccc(-n2nc(C(F)(F)F)c3c2C(=O)N(c2ccc(-n4ccnc4C)cc2)CC3)c(S(N)(=O)=O)c1. The number of sulfonamides is 1. The number of alkyl halides is 3. The van der Waals surface area contributed by atoms with E-state index in [1.54, 1.807) is 36.7 Å². The Balaban J connectivity index is 1.64. The van der Waals surface area contributed by atoms with Gasteiger partial charge in [0.15, 0.2) is 5.69 Å². The molecule has 0 fully saturated rings. The fraction of sp³-hybridized carbons (Fsp3) is 0.208. The third kappa shape index (κ3) is 4.31. The van der Waals surface area contributed by atoms with E-state index < -0.39 is 38.4 Å². The van der Waals surface area contributed by atoms with Crippen molar-refractivity contribution in [1.82, 2.24) is 19.3 Å². The molecule has 14 heteroatoms. The molecule has 1 amide bonds. The number of rotatable bonds is 5. The van der Waals surface area contributed by atoms with Crippen LogP contribution in [0.2, 0.25) is 0 Å². The quantitative estimate of drug-likeness (QED) is 0.410. The van der Waals surface area contributed by atoms with Gasteiger partial charge in [0, 0.05) is 41.9 Å². The molecule has 0 saturated heterocycles. The maximum atomic E-state index is 13.9. The van der Waals surface area contributed by atoms with E-state index in [-0.39, 0.29) is 30.0 Å². The Labute approximate surface area is 215 Å². The van der Waals surface area contributed by atoms with E-state index in [9.17, 15) is 26.4 Å². The second-order valence-electron chi connectivity index (χ2n) is 8.53. The Morgan fingerprint density at radius 3 is 2.34 bits per heavy atom. The molecular weight excluding hydrogens is 525 g/mol. The molecule has 0 saturated carbocycles. The molecule has 0 aliphatic carbocycles. The highest BCUT2D eigenvalue weighted by atomic mass is 32.2. The summed E-state index contributed by atoms with van der Waals surface area (Å²) in [7, 11) is -3.14. The second-order valence-corrected chi connectivity index (χ2v) is 10.1. The maximum absolute atomic E-state index is 13.9. The number of primary sulfonamides is 1. The molecule has 5 rings (SSSR count). The number of aromatic nitrogens is 4. The molecule has 0 atom stereocenters. The number of aryl methyl sites for hydroxylation is 1. The fourth-order valence-corrected chi connectivity index (χ4v) is 5.20. The maximum Gasteiger partial charge on any atom is 0.435 e. The molecule has 10 nitrogen and oxygen atoms in total. The lowest BCUT2D eigenvalue weighted by molar-refractivity contribution is -0.141. The number of imidazole rings is 1. The number of ether oxygens (including phenoxy) is 1. The largest absolute Gasteiger partial charge is 0.497 e. The third-order valence-corrected chi connectivity index (χ3v) is 7.19. The van der Waals surface area contributed by atoms with E-state index in [1.807, 2.05) is 11.5 Å². The summed E-state index contributed by atoms with van der Waals surface area (Å²) in [6.07, 6.45) is -1.61. The zero-order valence-corrected chi connectivity index (χ0v) is 20.9. The number of fused-ring (bicyclic) bond motifs is 1. The highest BCUT2D eigenvalue weighted by molar-refractivity contribution is 7.89. The van der Waals surface area contributed by atoms with Gasteiger partial charge in [-0.3, -0.25) is 4.79 Å². The number of hydrogen-bond acceptors (Lipinski definition) is 6. The standard InChI is InChI=1S/C24H21F3N6O4S/c1-14-29-10-12-31(14)15-3-5-16(6-4-15)32-11-9-18-21(23(32)34)33(30-22(18)24(25,26)27)19-8-7-17(37-2)13-20(19)38(28,35)36/h3-8,10,12-13H,9,11H2,1-2H3,(H2,28,35,36). The van der Waals surface area contributed by atoms with Gasteiger partial charge in [-0.1, -0.05) is 0 Å². The number of carbonyl (C=O) groups excluding carboxylic acids is 1. The average molecular weight is 547 g/mol. The Bertz CT molecular complexity index is 1660. The predicted molar refractivity (Wildman–Crippen MR) is 130 cm³/mol. The van der Waals surface area contributed by atoms with Crippen LogP contribution in [0.25, 0.3) is 11.4 Å². The van der Waals surface area contributed by atoms with Crippen LogP contribution >= 0.6 is 0 Å².